The van der Waals surface area contributed by atoms with Crippen molar-refractivity contribution in [2.45, 2.75) is 23.0 Å². The van der Waals surface area contributed by atoms with Gasteiger partial charge in [0.25, 0.3) is 0 Å². The van der Waals surface area contributed by atoms with Crippen LogP contribution in [0.4, 0.5) is 0 Å². The summed E-state index contributed by atoms with van der Waals surface area (Å²) in [6.07, 6.45) is 0. The van der Waals surface area contributed by atoms with Crippen molar-refractivity contribution in [1.82, 2.24) is 24.1 Å². The van der Waals surface area contributed by atoms with Gasteiger partial charge in [0.2, 0.25) is 0 Å². The molecule has 2 aromatic heterocycles. The van der Waals surface area contributed by atoms with E-state index in [1.807, 2.05) is 49.4 Å². The Morgan fingerprint density at radius 3 is 2.50 bits per heavy atom. The molecule has 0 fully saturated rings. The average Bonchev–Trinajstić information content (AvgIpc) is 3.24. The van der Waals surface area contributed by atoms with Gasteiger partial charge in [-0.3, -0.25) is 4.57 Å². The quantitative estimate of drug-likeness (QED) is 0.474. The highest BCUT2D eigenvalue weighted by atomic mass is 35.5. The smallest absolute Gasteiger partial charge is 0.198 e. The highest BCUT2D eigenvalue weighted by molar-refractivity contribution is 8.00. The van der Waals surface area contributed by atoms with Crippen molar-refractivity contribution >= 4 is 34.9 Å². The molecule has 0 unspecified atom stereocenters. The molecule has 0 saturated carbocycles. The van der Waals surface area contributed by atoms with Crippen LogP contribution in [0.15, 0.2) is 64.1 Å². The summed E-state index contributed by atoms with van der Waals surface area (Å²) in [7, 11) is 0. The molecule has 0 radical (unpaired) electrons. The molecule has 8 heteroatoms. The number of benzene rings is 2. The van der Waals surface area contributed by atoms with Crippen LogP contribution >= 0.6 is 34.9 Å². The summed E-state index contributed by atoms with van der Waals surface area (Å²) in [6.45, 7) is 2.56. The Labute approximate surface area is 164 Å². The Morgan fingerprint density at radius 1 is 1.04 bits per heavy atom. The van der Waals surface area contributed by atoms with Crippen molar-refractivity contribution in [3.8, 4) is 11.4 Å². The van der Waals surface area contributed by atoms with Crippen LogP contribution in [0.5, 0.6) is 0 Å². The van der Waals surface area contributed by atoms with Crippen LogP contribution in [-0.4, -0.2) is 24.1 Å². The summed E-state index contributed by atoms with van der Waals surface area (Å²) < 4.78 is 7.19. The first-order valence-electron chi connectivity index (χ1n) is 7.90. The van der Waals surface area contributed by atoms with Crippen LogP contribution in [0, 0.1) is 6.92 Å². The second kappa shape index (κ2) is 7.57. The summed E-state index contributed by atoms with van der Waals surface area (Å²) in [6, 6.07) is 17.9. The van der Waals surface area contributed by atoms with Gasteiger partial charge >= 0.3 is 0 Å². The standard InChI is InChI=1S/C18H14ClN5S2/c1-12-20-18(26-23-12)25-17-22-21-16(14-7-9-15(19)10-8-14)24(17)11-13-5-3-2-4-6-13/h2-10H,11H2,1H3. The molecule has 0 atom stereocenters. The molecule has 0 aliphatic carbocycles. The molecule has 0 N–H and O–H groups in total. The summed E-state index contributed by atoms with van der Waals surface area (Å²) in [5.74, 6) is 1.57. The maximum Gasteiger partial charge on any atom is 0.198 e. The SMILES string of the molecule is Cc1nsc(Sc2nnc(-c3ccc(Cl)cc3)n2Cc2ccccc2)n1. The summed E-state index contributed by atoms with van der Waals surface area (Å²) >= 11 is 8.87. The number of nitrogens with zero attached hydrogens (tertiary/aromatic N) is 5. The van der Waals surface area contributed by atoms with E-state index in [4.69, 9.17) is 11.6 Å². The zero-order valence-electron chi connectivity index (χ0n) is 13.8. The first-order valence-corrected chi connectivity index (χ1v) is 9.87. The minimum atomic E-state index is 0.673. The van der Waals surface area contributed by atoms with Gasteiger partial charge in [0.05, 0.1) is 6.54 Å². The van der Waals surface area contributed by atoms with Crippen molar-refractivity contribution in [2.75, 3.05) is 0 Å². The average molecular weight is 400 g/mol. The molecule has 4 rings (SSSR count). The third-order valence-corrected chi connectivity index (χ3v) is 5.77. The maximum atomic E-state index is 6.02. The third-order valence-electron chi connectivity index (χ3n) is 3.69. The Bertz CT molecular complexity index is 1010. The molecular formula is C18H14ClN5S2. The third kappa shape index (κ3) is 3.80. The van der Waals surface area contributed by atoms with Gasteiger partial charge in [-0.1, -0.05) is 41.9 Å². The van der Waals surface area contributed by atoms with Gasteiger partial charge in [-0.05, 0) is 60.0 Å². The normalized spacial score (nSPS) is 11.0. The fourth-order valence-electron chi connectivity index (χ4n) is 2.48. The van der Waals surface area contributed by atoms with Gasteiger partial charge in [-0.2, -0.15) is 4.37 Å². The number of aromatic nitrogens is 5. The molecule has 130 valence electrons. The van der Waals surface area contributed by atoms with E-state index in [-0.39, 0.29) is 0 Å². The predicted molar refractivity (Wildman–Crippen MR) is 105 cm³/mol. The lowest BCUT2D eigenvalue weighted by Crippen LogP contribution is -2.04. The maximum absolute atomic E-state index is 6.02. The van der Waals surface area contributed by atoms with Gasteiger partial charge in [0.1, 0.15) is 5.82 Å². The van der Waals surface area contributed by atoms with E-state index in [9.17, 15) is 0 Å². The number of aryl methyl sites for hydroxylation is 1. The van der Waals surface area contributed by atoms with E-state index in [0.717, 1.165) is 26.7 Å². The number of hydrogen-bond donors (Lipinski definition) is 0. The lowest BCUT2D eigenvalue weighted by atomic mass is 10.2. The topological polar surface area (TPSA) is 56.5 Å². The van der Waals surface area contributed by atoms with Crippen LogP contribution in [0.3, 0.4) is 0 Å². The van der Waals surface area contributed by atoms with E-state index in [0.29, 0.717) is 11.6 Å². The van der Waals surface area contributed by atoms with Crippen LogP contribution in [0.25, 0.3) is 11.4 Å². The lowest BCUT2D eigenvalue weighted by Gasteiger charge is -2.10. The molecule has 0 saturated heterocycles. The Hall–Kier alpha value is -2.22. The first-order chi connectivity index (χ1) is 12.7. The molecule has 26 heavy (non-hydrogen) atoms. The largest absolute Gasteiger partial charge is 0.297 e. The van der Waals surface area contributed by atoms with Crippen molar-refractivity contribution in [3.63, 3.8) is 0 Å². The Morgan fingerprint density at radius 2 is 1.81 bits per heavy atom. The van der Waals surface area contributed by atoms with E-state index in [2.05, 4.69) is 36.3 Å². The second-order valence-electron chi connectivity index (χ2n) is 5.59. The fraction of sp³-hybridized carbons (Fsp3) is 0.111. The summed E-state index contributed by atoms with van der Waals surface area (Å²) in [5, 5.41) is 10.3. The molecule has 0 aliphatic rings. The minimum absolute atomic E-state index is 0.673. The highest BCUT2D eigenvalue weighted by Gasteiger charge is 2.17. The van der Waals surface area contributed by atoms with E-state index in [1.54, 1.807) is 0 Å². The molecular weight excluding hydrogens is 386 g/mol. The molecule has 4 aromatic rings. The molecule has 0 bridgehead atoms. The van der Waals surface area contributed by atoms with E-state index < -0.39 is 0 Å². The van der Waals surface area contributed by atoms with E-state index >= 15 is 0 Å². The zero-order chi connectivity index (χ0) is 17.9. The molecule has 0 aliphatic heterocycles. The van der Waals surface area contributed by atoms with Crippen molar-refractivity contribution in [2.24, 2.45) is 0 Å². The van der Waals surface area contributed by atoms with E-state index in [1.165, 1.54) is 28.9 Å². The van der Waals surface area contributed by atoms with Gasteiger partial charge in [0, 0.05) is 10.6 Å². The predicted octanol–water partition coefficient (Wildman–Crippen LogP) is 4.96. The van der Waals surface area contributed by atoms with Crippen LogP contribution in [0.1, 0.15) is 11.4 Å². The minimum Gasteiger partial charge on any atom is -0.297 e. The van der Waals surface area contributed by atoms with Crippen molar-refractivity contribution < 1.29 is 0 Å². The molecule has 2 aromatic carbocycles. The van der Waals surface area contributed by atoms with Crippen LogP contribution in [0.2, 0.25) is 5.02 Å². The Kier molecular flexibility index (Phi) is 5.01. The van der Waals surface area contributed by atoms with Gasteiger partial charge in [-0.25, -0.2) is 4.98 Å². The lowest BCUT2D eigenvalue weighted by molar-refractivity contribution is 0.714. The van der Waals surface area contributed by atoms with Gasteiger partial charge < -0.3 is 0 Å². The molecule has 0 amide bonds. The van der Waals surface area contributed by atoms with Gasteiger partial charge in [-0.15, -0.1) is 10.2 Å². The van der Waals surface area contributed by atoms with Crippen LogP contribution < -0.4 is 0 Å². The van der Waals surface area contributed by atoms with Crippen molar-refractivity contribution in [1.29, 1.82) is 0 Å². The second-order valence-corrected chi connectivity index (χ2v) is 8.00. The number of rotatable bonds is 5. The Balaban J connectivity index is 1.74. The summed E-state index contributed by atoms with van der Waals surface area (Å²) in [5.41, 5.74) is 2.15. The fourth-order valence-corrected chi connectivity index (χ4v) is 4.19. The molecule has 0 spiro atoms. The zero-order valence-corrected chi connectivity index (χ0v) is 16.2. The monoisotopic (exact) mass is 399 g/mol. The van der Waals surface area contributed by atoms with Crippen LogP contribution in [-0.2, 0) is 6.54 Å². The van der Waals surface area contributed by atoms with Gasteiger partial charge in [0.15, 0.2) is 15.3 Å². The van der Waals surface area contributed by atoms with Crippen molar-refractivity contribution in [3.05, 3.63) is 71.0 Å². The molecule has 5 nitrogen and oxygen atoms in total. The number of hydrogen-bond acceptors (Lipinski definition) is 6. The number of halogens is 1. The highest BCUT2D eigenvalue weighted by Crippen LogP contribution is 2.31. The first kappa shape index (κ1) is 17.2. The summed E-state index contributed by atoms with van der Waals surface area (Å²) in [4.78, 5) is 4.42. The molecule has 2 heterocycles.